The fourth-order valence-corrected chi connectivity index (χ4v) is 3.19. The van der Waals surface area contributed by atoms with Crippen molar-refractivity contribution in [2.24, 2.45) is 0 Å². The Balaban J connectivity index is 0.000000247. The molecule has 3 heteroatoms. The van der Waals surface area contributed by atoms with Crippen molar-refractivity contribution in [3.63, 3.8) is 0 Å². The molecule has 0 saturated heterocycles. The van der Waals surface area contributed by atoms with E-state index < -0.39 is 20.1 Å². The molecule has 0 unspecified atom stereocenters. The van der Waals surface area contributed by atoms with Gasteiger partial charge in [0, 0.05) is 43.5 Å². The van der Waals surface area contributed by atoms with Crippen LogP contribution >= 0.6 is 0 Å². The molecule has 2 heterocycles. The van der Waals surface area contributed by atoms with Gasteiger partial charge in [0.25, 0.3) is 0 Å². The third kappa shape index (κ3) is 6.81. The fraction of sp³-hybridized carbons (Fsp3) is 0.0968. The Morgan fingerprint density at radius 2 is 1.62 bits per heavy atom. The predicted molar refractivity (Wildman–Crippen MR) is 137 cm³/mol. The van der Waals surface area contributed by atoms with Crippen LogP contribution in [0.2, 0.25) is 0 Å². The molecule has 0 atom stereocenters. The minimum Gasteiger partial charge on any atom is -0.305 e. The number of nitrogens with zero attached hydrogens (tertiary/aromatic N) is 2. The Labute approximate surface area is 227 Å². The molecular weight excluding hydrogens is 593 g/mol. The topological polar surface area (TPSA) is 25.8 Å². The largest absolute Gasteiger partial charge is 0.305 e. The Bertz CT molecular complexity index is 1570. The first kappa shape index (κ1) is 16.3. The van der Waals surface area contributed by atoms with Gasteiger partial charge in [0.1, 0.15) is 0 Å². The van der Waals surface area contributed by atoms with Crippen LogP contribution in [0.15, 0.2) is 109 Å². The van der Waals surface area contributed by atoms with Gasteiger partial charge in [-0.3, -0.25) is 0 Å². The smallest absolute Gasteiger partial charge is 0.0313 e. The van der Waals surface area contributed by atoms with Gasteiger partial charge in [-0.15, -0.1) is 71.3 Å². The third-order valence-corrected chi connectivity index (χ3v) is 4.84. The van der Waals surface area contributed by atoms with E-state index in [1.165, 1.54) is 24.5 Å². The normalized spacial score (nSPS) is 14.6. The van der Waals surface area contributed by atoms with E-state index in [1.54, 1.807) is 24.3 Å². The van der Waals surface area contributed by atoms with Crippen molar-refractivity contribution < 1.29 is 31.1 Å². The summed E-state index contributed by atoms with van der Waals surface area (Å²) in [6.07, 6.45) is 0.377. The Kier molecular flexibility index (Phi) is 6.10. The molecule has 171 valence electrons. The van der Waals surface area contributed by atoms with Crippen molar-refractivity contribution in [2.45, 2.75) is 20.1 Å². The number of hydrogen-bond acceptors (Lipinski definition) is 2. The first-order valence-electron chi connectivity index (χ1n) is 14.3. The van der Waals surface area contributed by atoms with E-state index in [1.807, 2.05) is 60.7 Å². The van der Waals surface area contributed by atoms with Crippen LogP contribution in [-0.2, 0) is 26.5 Å². The molecular formula is C31H26IrN2-2. The minimum absolute atomic E-state index is 0. The zero-order valence-electron chi connectivity index (χ0n) is 26.1. The summed E-state index contributed by atoms with van der Waals surface area (Å²) in [5, 5.41) is 0. The van der Waals surface area contributed by atoms with Gasteiger partial charge in [0.2, 0.25) is 0 Å². The van der Waals surface area contributed by atoms with Crippen LogP contribution in [0.1, 0.15) is 28.9 Å². The van der Waals surface area contributed by atoms with E-state index in [0.29, 0.717) is 11.3 Å². The maximum absolute atomic E-state index is 7.92. The summed E-state index contributed by atoms with van der Waals surface area (Å²) in [5.74, 6) is 0. The number of aryl methyl sites for hydroxylation is 2. The molecule has 3 aromatic carbocycles. The van der Waals surface area contributed by atoms with E-state index in [9.17, 15) is 0 Å². The Morgan fingerprint density at radius 3 is 2.35 bits per heavy atom. The average molecular weight is 627 g/mol. The molecule has 0 saturated carbocycles. The summed E-state index contributed by atoms with van der Waals surface area (Å²) >= 11 is 0. The maximum atomic E-state index is 7.92. The fourth-order valence-electron chi connectivity index (χ4n) is 3.19. The van der Waals surface area contributed by atoms with Crippen molar-refractivity contribution in [2.75, 3.05) is 0 Å². The second-order valence-corrected chi connectivity index (χ2v) is 7.12. The quantitative estimate of drug-likeness (QED) is 0.192. The molecule has 0 aliphatic carbocycles. The Morgan fingerprint density at radius 1 is 0.765 bits per heavy atom. The van der Waals surface area contributed by atoms with Crippen molar-refractivity contribution in [3.05, 3.63) is 133 Å². The van der Waals surface area contributed by atoms with Gasteiger partial charge < -0.3 is 9.97 Å². The summed E-state index contributed by atoms with van der Waals surface area (Å²) in [6.45, 7) is -4.84. The van der Waals surface area contributed by atoms with Gasteiger partial charge in [-0.2, -0.15) is 0 Å². The summed E-state index contributed by atoms with van der Waals surface area (Å²) in [6, 6.07) is 35.2. The summed E-state index contributed by atoms with van der Waals surface area (Å²) in [7, 11) is 0. The number of rotatable bonds is 4. The second-order valence-electron chi connectivity index (χ2n) is 7.12. The maximum Gasteiger partial charge on any atom is 0.0313 e. The van der Waals surface area contributed by atoms with Crippen molar-refractivity contribution in [3.8, 4) is 33.6 Å². The summed E-state index contributed by atoms with van der Waals surface area (Å²) in [5.41, 5.74) is 5.14. The van der Waals surface area contributed by atoms with Crippen LogP contribution in [0.3, 0.4) is 0 Å². The van der Waals surface area contributed by atoms with E-state index >= 15 is 0 Å². The molecule has 34 heavy (non-hydrogen) atoms. The van der Waals surface area contributed by atoms with Gasteiger partial charge in [-0.05, 0) is 41.8 Å². The first-order chi connectivity index (χ1) is 19.4. The van der Waals surface area contributed by atoms with E-state index in [2.05, 4.69) is 22.1 Å². The van der Waals surface area contributed by atoms with Gasteiger partial charge in [-0.1, -0.05) is 60.9 Å². The molecule has 0 aliphatic rings. The number of hydrogen-bond donors (Lipinski definition) is 0. The zero-order chi connectivity index (χ0) is 29.7. The molecule has 0 fully saturated rings. The predicted octanol–water partition coefficient (Wildman–Crippen LogP) is 7.63. The first-order valence-corrected chi connectivity index (χ1v) is 10.3. The molecule has 1 radical (unpaired) electrons. The van der Waals surface area contributed by atoms with Crippen LogP contribution in [-0.4, -0.2) is 9.97 Å². The molecule has 0 amide bonds. The summed E-state index contributed by atoms with van der Waals surface area (Å²) < 4.78 is 59.8. The monoisotopic (exact) mass is 627 g/mol. The standard InChI is InChI=1S/C19H16N.C12H10N.Ir/c1-2-15-11-12-20-19(13-15)18-10-6-9-17(14-18)16-7-4-3-5-8-16;1-10-7-8-12(13-9-10)11-5-3-2-4-6-11;/h3-9,11-14H,2H2,1H3;2-5,7-9H,1H3;/q2*-1;/i1D3,2D2;1D3;. The van der Waals surface area contributed by atoms with Crippen LogP contribution < -0.4 is 0 Å². The molecule has 0 bridgehead atoms. The van der Waals surface area contributed by atoms with Crippen LogP contribution in [0.25, 0.3) is 33.6 Å². The number of benzene rings is 3. The molecule has 2 aromatic heterocycles. The van der Waals surface area contributed by atoms with Gasteiger partial charge in [0.05, 0.1) is 0 Å². The molecule has 0 spiro atoms. The molecule has 5 aromatic rings. The molecule has 5 rings (SSSR count). The number of aromatic nitrogens is 2. The second kappa shape index (κ2) is 12.7. The van der Waals surface area contributed by atoms with Crippen molar-refractivity contribution >= 4 is 0 Å². The molecule has 0 N–H and O–H groups in total. The van der Waals surface area contributed by atoms with Gasteiger partial charge in [0.15, 0.2) is 0 Å². The van der Waals surface area contributed by atoms with Crippen LogP contribution in [0.4, 0.5) is 0 Å². The average Bonchev–Trinajstić information content (AvgIpc) is 2.98. The SMILES string of the molecule is [2H]C([2H])([2H])C([2H])([2H])c1ccnc(-c2[c-]ccc(-c3ccccc3)c2)c1.[2H]C([2H])([2H])c1ccc(-c2[c-]cccc2)nc1.[Ir]. The van der Waals surface area contributed by atoms with Crippen molar-refractivity contribution in [1.29, 1.82) is 0 Å². The third-order valence-electron chi connectivity index (χ3n) is 4.84. The van der Waals surface area contributed by atoms with E-state index in [4.69, 9.17) is 11.0 Å². The van der Waals surface area contributed by atoms with Crippen molar-refractivity contribution in [1.82, 2.24) is 9.97 Å². The number of pyridine rings is 2. The van der Waals surface area contributed by atoms with Gasteiger partial charge >= 0.3 is 0 Å². The van der Waals surface area contributed by atoms with E-state index in [0.717, 1.165) is 22.4 Å². The minimum atomic E-state index is -2.75. The van der Waals surface area contributed by atoms with E-state index in [-0.39, 0.29) is 31.2 Å². The summed E-state index contributed by atoms with van der Waals surface area (Å²) in [4.78, 5) is 8.38. The molecule has 0 aliphatic heterocycles. The molecule has 2 nitrogen and oxygen atoms in total. The zero-order valence-corrected chi connectivity index (χ0v) is 20.5. The Hall–Kier alpha value is -3.39. The van der Waals surface area contributed by atoms with Crippen LogP contribution in [0.5, 0.6) is 0 Å². The van der Waals surface area contributed by atoms with Gasteiger partial charge in [-0.25, -0.2) is 0 Å². The van der Waals surface area contributed by atoms with Crippen LogP contribution in [0, 0.1) is 19.0 Å².